The van der Waals surface area contributed by atoms with E-state index in [0.717, 1.165) is 13.2 Å². The van der Waals surface area contributed by atoms with Crippen LogP contribution in [0.15, 0.2) is 0 Å². The fourth-order valence-corrected chi connectivity index (χ4v) is 1.50. The number of amides is 1. The zero-order valence-electron chi connectivity index (χ0n) is 7.98. The Morgan fingerprint density at radius 1 is 1.43 bits per heavy atom. The summed E-state index contributed by atoms with van der Waals surface area (Å²) in [5.74, 6) is -2.82. The maximum Gasteiger partial charge on any atom is 0.318 e. The molecule has 82 valence electrons. The molecule has 0 bridgehead atoms. The first-order chi connectivity index (χ1) is 6.09. The summed E-state index contributed by atoms with van der Waals surface area (Å²) >= 11 is 0. The number of primary amides is 1. The average molecular weight is 223 g/mol. The van der Waals surface area contributed by atoms with Gasteiger partial charge in [0.2, 0.25) is 5.91 Å². The molecule has 1 amide bonds. The molecular formula is C7H13NO5S. The van der Waals surface area contributed by atoms with Gasteiger partial charge in [-0.05, 0) is 13.3 Å². The highest BCUT2D eigenvalue weighted by molar-refractivity contribution is 7.90. The van der Waals surface area contributed by atoms with Crippen LogP contribution in [-0.4, -0.2) is 37.4 Å². The maximum absolute atomic E-state index is 10.8. The molecule has 7 heteroatoms. The van der Waals surface area contributed by atoms with E-state index in [1.165, 1.54) is 0 Å². The number of hydrogen-bond acceptors (Lipinski definition) is 4. The molecule has 0 heterocycles. The lowest BCUT2D eigenvalue weighted by molar-refractivity contribution is -0.153. The van der Waals surface area contributed by atoms with E-state index < -0.39 is 27.1 Å². The Balaban J connectivity index is 4.73. The smallest absolute Gasteiger partial charge is 0.318 e. The highest BCUT2D eigenvalue weighted by Crippen LogP contribution is 2.21. The summed E-state index contributed by atoms with van der Waals surface area (Å²) in [6.07, 6.45) is 0.659. The highest BCUT2D eigenvalue weighted by atomic mass is 32.2. The predicted molar refractivity (Wildman–Crippen MR) is 49.3 cm³/mol. The second kappa shape index (κ2) is 3.95. The fourth-order valence-electron chi connectivity index (χ4n) is 0.725. The van der Waals surface area contributed by atoms with E-state index in [4.69, 9.17) is 10.8 Å². The van der Waals surface area contributed by atoms with Gasteiger partial charge < -0.3 is 10.8 Å². The molecule has 0 spiro atoms. The number of rotatable bonds is 5. The first-order valence-electron chi connectivity index (χ1n) is 3.80. The third kappa shape index (κ3) is 3.33. The molecule has 1 unspecified atom stereocenters. The number of nitrogens with two attached hydrogens (primary N) is 1. The molecule has 0 saturated heterocycles. The second-order valence-electron chi connectivity index (χ2n) is 3.38. The van der Waals surface area contributed by atoms with E-state index in [1.54, 1.807) is 0 Å². The van der Waals surface area contributed by atoms with Gasteiger partial charge in [-0.2, -0.15) is 0 Å². The summed E-state index contributed by atoms with van der Waals surface area (Å²) in [4.78, 5) is 21.5. The molecule has 0 radical (unpaired) electrons. The minimum Gasteiger partial charge on any atom is -0.480 e. The van der Waals surface area contributed by atoms with E-state index in [2.05, 4.69) is 0 Å². The van der Waals surface area contributed by atoms with Crippen molar-refractivity contribution < 1.29 is 23.1 Å². The van der Waals surface area contributed by atoms with E-state index in [9.17, 15) is 18.0 Å². The summed E-state index contributed by atoms with van der Waals surface area (Å²) in [7, 11) is -3.30. The van der Waals surface area contributed by atoms with E-state index >= 15 is 0 Å². The van der Waals surface area contributed by atoms with E-state index in [-0.39, 0.29) is 12.2 Å². The van der Waals surface area contributed by atoms with Gasteiger partial charge in [0.15, 0.2) is 0 Å². The van der Waals surface area contributed by atoms with Crippen LogP contribution in [0.5, 0.6) is 0 Å². The largest absolute Gasteiger partial charge is 0.480 e. The molecule has 6 nitrogen and oxygen atoms in total. The van der Waals surface area contributed by atoms with Gasteiger partial charge in [-0.25, -0.2) is 8.42 Å². The Kier molecular flexibility index (Phi) is 3.64. The topological polar surface area (TPSA) is 115 Å². The third-order valence-electron chi connectivity index (χ3n) is 1.99. The Morgan fingerprint density at radius 3 is 2.07 bits per heavy atom. The van der Waals surface area contributed by atoms with Gasteiger partial charge in [0.1, 0.15) is 15.3 Å². The summed E-state index contributed by atoms with van der Waals surface area (Å²) in [6, 6.07) is 0. The van der Waals surface area contributed by atoms with Crippen LogP contribution in [0.3, 0.4) is 0 Å². The van der Waals surface area contributed by atoms with Crippen molar-refractivity contribution in [2.75, 3.05) is 12.0 Å². The number of carbonyl (C=O) groups is 2. The Bertz CT molecular complexity index is 331. The van der Waals surface area contributed by atoms with Crippen molar-refractivity contribution in [3.05, 3.63) is 0 Å². The monoisotopic (exact) mass is 223 g/mol. The Hall–Kier alpha value is -1.11. The van der Waals surface area contributed by atoms with Crippen molar-refractivity contribution >= 4 is 21.7 Å². The zero-order valence-corrected chi connectivity index (χ0v) is 8.80. The van der Waals surface area contributed by atoms with Crippen LogP contribution in [-0.2, 0) is 19.4 Å². The zero-order chi connectivity index (χ0) is 11.6. The molecule has 1 atom stereocenters. The molecule has 0 fully saturated rings. The van der Waals surface area contributed by atoms with Crippen LogP contribution in [0.2, 0.25) is 0 Å². The van der Waals surface area contributed by atoms with Crippen LogP contribution in [0.4, 0.5) is 0 Å². The van der Waals surface area contributed by atoms with Crippen LogP contribution in [0.1, 0.15) is 13.3 Å². The number of carboxylic acid groups (broad SMARTS) is 1. The van der Waals surface area contributed by atoms with Crippen LogP contribution in [0.25, 0.3) is 0 Å². The van der Waals surface area contributed by atoms with Crippen molar-refractivity contribution in [1.82, 2.24) is 0 Å². The summed E-state index contributed by atoms with van der Waals surface area (Å²) in [5, 5.41) is 8.70. The minimum absolute atomic E-state index is 0.309. The van der Waals surface area contributed by atoms with Gasteiger partial charge >= 0.3 is 5.97 Å². The van der Waals surface area contributed by atoms with Crippen molar-refractivity contribution in [1.29, 1.82) is 0 Å². The van der Waals surface area contributed by atoms with E-state index in [1.807, 2.05) is 0 Å². The van der Waals surface area contributed by atoms with Crippen molar-refractivity contribution in [2.24, 2.45) is 11.1 Å². The molecule has 0 rings (SSSR count). The molecule has 0 aliphatic carbocycles. The molecule has 0 aromatic rings. The summed E-state index contributed by atoms with van der Waals surface area (Å²) in [5.41, 5.74) is 3.07. The van der Waals surface area contributed by atoms with Gasteiger partial charge in [0, 0.05) is 6.26 Å². The van der Waals surface area contributed by atoms with Crippen LogP contribution in [0, 0.1) is 5.41 Å². The summed E-state index contributed by atoms with van der Waals surface area (Å²) in [6.45, 7) is 1.11. The first kappa shape index (κ1) is 12.9. The van der Waals surface area contributed by atoms with Crippen molar-refractivity contribution in [2.45, 2.75) is 13.3 Å². The molecular weight excluding hydrogens is 210 g/mol. The Labute approximate surface area is 82.0 Å². The van der Waals surface area contributed by atoms with Crippen LogP contribution >= 0.6 is 0 Å². The number of aliphatic carboxylic acids is 1. The fraction of sp³-hybridized carbons (Fsp3) is 0.714. The number of hydrogen-bond donors (Lipinski definition) is 2. The van der Waals surface area contributed by atoms with Crippen molar-refractivity contribution in [3.63, 3.8) is 0 Å². The number of sulfone groups is 1. The van der Waals surface area contributed by atoms with Gasteiger partial charge in [0.25, 0.3) is 0 Å². The molecule has 0 saturated carbocycles. The number of carbonyl (C=O) groups excluding carboxylic acids is 1. The van der Waals surface area contributed by atoms with Gasteiger partial charge in [0.05, 0.1) is 5.75 Å². The van der Waals surface area contributed by atoms with Crippen LogP contribution < -0.4 is 5.73 Å². The number of carboxylic acids is 1. The lowest BCUT2D eigenvalue weighted by atomic mass is 9.87. The minimum atomic E-state index is -3.30. The standard InChI is InChI=1S/C7H13NO5S/c1-7(5(8)9,6(10)11)3-4-14(2,12)13/h3-4H2,1-2H3,(H2,8,9)(H,10,11). The molecule has 0 aromatic carbocycles. The lowest BCUT2D eigenvalue weighted by Gasteiger charge is -2.19. The highest BCUT2D eigenvalue weighted by Gasteiger charge is 2.39. The quantitative estimate of drug-likeness (QED) is 0.580. The third-order valence-corrected chi connectivity index (χ3v) is 2.93. The molecule has 0 aliphatic rings. The molecule has 0 aliphatic heterocycles. The van der Waals surface area contributed by atoms with E-state index in [0.29, 0.717) is 0 Å². The average Bonchev–Trinajstić information content (AvgIpc) is 1.97. The molecule has 0 aromatic heterocycles. The summed E-state index contributed by atoms with van der Waals surface area (Å²) < 4.78 is 21.6. The first-order valence-corrected chi connectivity index (χ1v) is 5.86. The maximum atomic E-state index is 10.8. The normalized spacial score (nSPS) is 15.9. The van der Waals surface area contributed by atoms with Crippen molar-refractivity contribution in [3.8, 4) is 0 Å². The Morgan fingerprint density at radius 2 is 1.86 bits per heavy atom. The van der Waals surface area contributed by atoms with Gasteiger partial charge in [-0.1, -0.05) is 0 Å². The van der Waals surface area contributed by atoms with Gasteiger partial charge in [-0.3, -0.25) is 9.59 Å². The predicted octanol–water partition coefficient (Wildman–Crippen LogP) is -1.00. The SMILES string of the molecule is CC(CCS(C)(=O)=O)(C(N)=O)C(=O)O. The molecule has 14 heavy (non-hydrogen) atoms. The molecule has 3 N–H and O–H groups in total. The van der Waals surface area contributed by atoms with Gasteiger partial charge in [-0.15, -0.1) is 0 Å². The lowest BCUT2D eigenvalue weighted by Crippen LogP contribution is -2.42. The second-order valence-corrected chi connectivity index (χ2v) is 5.64.